The Morgan fingerprint density at radius 2 is 1.19 bits per heavy atom. The molecule has 4 aliphatic heterocycles. The maximum Gasteiger partial charge on any atom is 0.187 e. The third-order valence-electron chi connectivity index (χ3n) is 11.6. The zero-order chi connectivity index (χ0) is 37.6. The Bertz CT molecular complexity index is 1140. The molecule has 6 rings (SSSR count). The van der Waals surface area contributed by atoms with E-state index < -0.39 is 154 Å². The summed E-state index contributed by atoms with van der Waals surface area (Å²) in [5, 5.41) is 135. The lowest BCUT2D eigenvalue weighted by molar-refractivity contribution is -0.383. The molecule has 0 aromatic rings. The summed E-state index contributed by atoms with van der Waals surface area (Å²) in [6, 6.07) is 0. The first-order valence-electron chi connectivity index (χ1n) is 18.0. The fourth-order valence-corrected chi connectivity index (χ4v) is 8.50. The number of hydrogen-bond donors (Lipinski definition) is 13. The molecule has 0 aromatic heterocycles. The summed E-state index contributed by atoms with van der Waals surface area (Å²) in [7, 11) is 0. The molecule has 0 spiro atoms. The summed E-state index contributed by atoms with van der Waals surface area (Å²) in [5.74, 6) is -0.872. The summed E-state index contributed by atoms with van der Waals surface area (Å²) >= 11 is 0. The van der Waals surface area contributed by atoms with Crippen molar-refractivity contribution in [1.29, 1.82) is 0 Å². The highest BCUT2D eigenvalue weighted by Gasteiger charge is 2.57. The van der Waals surface area contributed by atoms with Crippen LogP contribution in [0.1, 0.15) is 38.5 Å². The Hall–Kier alpha value is -0.800. The average Bonchev–Trinajstić information content (AvgIpc) is 3.12. The largest absolute Gasteiger partial charge is 0.427 e. The van der Waals surface area contributed by atoms with Crippen molar-refractivity contribution in [1.82, 2.24) is 0 Å². The van der Waals surface area contributed by atoms with E-state index >= 15 is 0 Å². The standard InChI is InChI=1S/C32H54O20/c33-7-19-22(40)24(42)27(45)31(50-19)47-11-4-14(36)12-6-18(28(48-17(12)5-11)10-1-2-13(35)15(37)3-10)49-32-29(25(43)23(41)20(8-34)51-32)52-30-26(44)21(39)16(38)9-46-30/h10-45H,1-9H2/p+1/t10?,11?,12?,13?,14?,15?,16-,17?,18?,19-,20-,21+,22-,23-,24+,25+,26-,27-,28?,29-,30+,31-,32-/m1/s1. The molecule has 0 bridgehead atoms. The van der Waals surface area contributed by atoms with Crippen LogP contribution in [0.2, 0.25) is 0 Å². The normalized spacial score (nSPS) is 54.8. The topological polar surface area (TPSA) is 331 Å². The maximum atomic E-state index is 11.4. The lowest BCUT2D eigenvalue weighted by Gasteiger charge is -2.50. The Morgan fingerprint density at radius 3 is 1.87 bits per heavy atom. The van der Waals surface area contributed by atoms with Gasteiger partial charge in [0.25, 0.3) is 0 Å². The molecule has 4 saturated heterocycles. The third kappa shape index (κ3) is 8.32. The second-order valence-corrected chi connectivity index (χ2v) is 15.0. The highest BCUT2D eigenvalue weighted by molar-refractivity contribution is 5.00. The van der Waals surface area contributed by atoms with Gasteiger partial charge in [-0.15, -0.1) is 0 Å². The van der Waals surface area contributed by atoms with Gasteiger partial charge in [0.1, 0.15) is 73.2 Å². The summed E-state index contributed by atoms with van der Waals surface area (Å²) in [4.78, 5) is 0. The smallest absolute Gasteiger partial charge is 0.187 e. The van der Waals surface area contributed by atoms with Gasteiger partial charge in [-0.05, 0) is 25.7 Å². The van der Waals surface area contributed by atoms with Crippen molar-refractivity contribution in [3.05, 3.63) is 0 Å². The Balaban J connectivity index is 1.21. The van der Waals surface area contributed by atoms with Crippen molar-refractivity contribution in [2.45, 2.75) is 167 Å². The highest BCUT2D eigenvalue weighted by Crippen LogP contribution is 2.43. The van der Waals surface area contributed by atoms with Crippen molar-refractivity contribution in [2.75, 3.05) is 19.8 Å². The van der Waals surface area contributed by atoms with Crippen LogP contribution in [0.15, 0.2) is 0 Å². The van der Waals surface area contributed by atoms with Crippen molar-refractivity contribution in [3.63, 3.8) is 0 Å². The van der Waals surface area contributed by atoms with Crippen LogP contribution >= 0.6 is 0 Å². The van der Waals surface area contributed by atoms with Crippen LogP contribution in [0.4, 0.5) is 0 Å². The summed E-state index contributed by atoms with van der Waals surface area (Å²) in [6.45, 7) is -1.78. The molecule has 0 radical (unpaired) electrons. The maximum absolute atomic E-state index is 11.4. The van der Waals surface area contributed by atoms with Crippen LogP contribution in [0, 0.1) is 11.8 Å². The SMILES string of the molecule is OC[C@H]1O[C@@H](OC2CC(O)C3CC(O[C@@H]4O[C@H](CO)[C@@H](O)[C@H](O)[C@H]4O[C@@H]4OC[C@@H](O)[C@H](O)[C@H]4O)C(C4CCC(O)C(O)C4)[OH+]C3C2)[C@H](O)[C@@H](O)[C@@H]1O. The predicted molar refractivity (Wildman–Crippen MR) is 166 cm³/mol. The molecule has 14 N–H and O–H groups in total. The van der Waals surface area contributed by atoms with E-state index in [9.17, 15) is 66.4 Å². The van der Waals surface area contributed by atoms with Gasteiger partial charge in [-0.1, -0.05) is 0 Å². The Morgan fingerprint density at radius 1 is 0.538 bits per heavy atom. The minimum atomic E-state index is -1.76. The van der Waals surface area contributed by atoms with Gasteiger partial charge < -0.3 is 99.5 Å². The lowest BCUT2D eigenvalue weighted by atomic mass is 9.72. The van der Waals surface area contributed by atoms with Crippen LogP contribution in [0.25, 0.3) is 0 Å². The number of ether oxygens (including phenoxy) is 7. The number of aliphatic hydroxyl groups excluding tert-OH is 13. The monoisotopic (exact) mass is 759 g/mol. The van der Waals surface area contributed by atoms with Crippen molar-refractivity contribution < 1.29 is 99.5 Å². The predicted octanol–water partition coefficient (Wildman–Crippen LogP) is -7.22. The van der Waals surface area contributed by atoms with Gasteiger partial charge in [0.2, 0.25) is 0 Å². The van der Waals surface area contributed by atoms with Gasteiger partial charge in [-0.3, -0.25) is 0 Å². The molecular weight excluding hydrogens is 704 g/mol. The van der Waals surface area contributed by atoms with Gasteiger partial charge in [-0.25, -0.2) is 0 Å². The van der Waals surface area contributed by atoms with Crippen molar-refractivity contribution in [3.8, 4) is 0 Å². The van der Waals surface area contributed by atoms with Gasteiger partial charge in [0, 0.05) is 18.8 Å². The van der Waals surface area contributed by atoms with Gasteiger partial charge >= 0.3 is 0 Å². The summed E-state index contributed by atoms with van der Waals surface area (Å²) in [6.07, 6.45) is -26.4. The summed E-state index contributed by atoms with van der Waals surface area (Å²) in [5.41, 5.74) is 0. The van der Waals surface area contributed by atoms with Crippen LogP contribution in [-0.2, 0) is 28.4 Å². The molecule has 2 saturated carbocycles. The van der Waals surface area contributed by atoms with E-state index in [0.717, 1.165) is 0 Å². The first-order valence-corrected chi connectivity index (χ1v) is 18.0. The lowest BCUT2D eigenvalue weighted by Crippen LogP contribution is -2.65. The van der Waals surface area contributed by atoms with E-state index in [-0.39, 0.29) is 38.0 Å². The Kier molecular flexibility index (Phi) is 13.5. The Labute approximate surface area is 298 Å². The van der Waals surface area contributed by atoms with Gasteiger partial charge in [0.15, 0.2) is 31.1 Å². The van der Waals surface area contributed by atoms with Crippen molar-refractivity contribution >= 4 is 0 Å². The van der Waals surface area contributed by atoms with Crippen molar-refractivity contribution in [2.24, 2.45) is 11.8 Å². The number of hydrogen-bond acceptors (Lipinski definition) is 19. The van der Waals surface area contributed by atoms with E-state index in [1.807, 2.05) is 0 Å². The fourth-order valence-electron chi connectivity index (χ4n) is 8.50. The first-order chi connectivity index (χ1) is 24.7. The number of fused-ring (bicyclic) bond motifs is 1. The van der Waals surface area contributed by atoms with E-state index in [1.54, 1.807) is 0 Å². The molecule has 9 unspecified atom stereocenters. The van der Waals surface area contributed by atoms with E-state index in [1.165, 1.54) is 0 Å². The molecule has 23 atom stereocenters. The molecule has 20 nitrogen and oxygen atoms in total. The quantitative estimate of drug-likeness (QED) is 0.0971. The molecule has 4 heterocycles. The zero-order valence-electron chi connectivity index (χ0n) is 28.4. The fraction of sp³-hybridized carbons (Fsp3) is 1.00. The van der Waals surface area contributed by atoms with Gasteiger partial charge in [0.05, 0.1) is 50.2 Å². The molecule has 2 aliphatic carbocycles. The highest BCUT2D eigenvalue weighted by atomic mass is 16.8. The molecule has 6 fully saturated rings. The minimum Gasteiger partial charge on any atom is -0.427 e. The molecular formula is C32H55O20+. The van der Waals surface area contributed by atoms with Crippen LogP contribution in [-0.4, -0.2) is 220 Å². The van der Waals surface area contributed by atoms with Gasteiger partial charge in [-0.2, -0.15) is 0 Å². The zero-order valence-corrected chi connectivity index (χ0v) is 28.4. The molecule has 302 valence electrons. The van der Waals surface area contributed by atoms with Crippen LogP contribution in [0.3, 0.4) is 0 Å². The molecule has 0 amide bonds. The molecule has 0 aromatic carbocycles. The first kappa shape index (κ1) is 40.9. The van der Waals surface area contributed by atoms with E-state index in [2.05, 4.69) is 0 Å². The molecule has 20 heteroatoms. The minimum absolute atomic E-state index is 0.0473. The average molecular weight is 760 g/mol. The number of rotatable bonds is 9. The molecule has 6 aliphatic rings. The molecule has 52 heavy (non-hydrogen) atoms. The van der Waals surface area contributed by atoms with E-state index in [4.69, 9.17) is 33.2 Å². The van der Waals surface area contributed by atoms with Crippen LogP contribution in [0.5, 0.6) is 0 Å². The number of aliphatic hydroxyl groups is 15. The second kappa shape index (κ2) is 17.1. The third-order valence-corrected chi connectivity index (χ3v) is 11.6. The summed E-state index contributed by atoms with van der Waals surface area (Å²) < 4.78 is 40.1. The van der Waals surface area contributed by atoms with E-state index in [0.29, 0.717) is 6.42 Å². The second-order valence-electron chi connectivity index (χ2n) is 15.0. The van der Waals surface area contributed by atoms with Crippen LogP contribution < -0.4 is 0 Å².